The molecule has 2 aromatic carbocycles. The molecular formula is C22H24N2O. The maximum Gasteiger partial charge on any atom is 0.251 e. The highest BCUT2D eigenvalue weighted by molar-refractivity contribution is 5.94. The van der Waals surface area contributed by atoms with Crippen molar-refractivity contribution in [3.63, 3.8) is 0 Å². The van der Waals surface area contributed by atoms with Crippen LogP contribution in [-0.4, -0.2) is 16.9 Å². The van der Waals surface area contributed by atoms with E-state index in [4.69, 9.17) is 0 Å². The predicted octanol–water partition coefficient (Wildman–Crippen LogP) is 4.58. The van der Waals surface area contributed by atoms with Gasteiger partial charge < -0.3 is 10.3 Å². The average Bonchev–Trinajstić information content (AvgIpc) is 2.99. The first-order valence-corrected chi connectivity index (χ1v) is 9.11. The molecule has 128 valence electrons. The number of carbonyl (C=O) groups excluding carboxylic acids is 1. The van der Waals surface area contributed by atoms with Gasteiger partial charge in [0.05, 0.1) is 0 Å². The van der Waals surface area contributed by atoms with Crippen LogP contribution in [0.5, 0.6) is 0 Å². The molecule has 3 heteroatoms. The second-order valence-corrected chi connectivity index (χ2v) is 7.32. The minimum Gasteiger partial charge on any atom is -0.358 e. The van der Waals surface area contributed by atoms with Crippen LogP contribution in [0.3, 0.4) is 0 Å². The van der Waals surface area contributed by atoms with Crippen LogP contribution >= 0.6 is 0 Å². The van der Waals surface area contributed by atoms with Crippen molar-refractivity contribution in [3.8, 4) is 0 Å². The maximum absolute atomic E-state index is 12.6. The van der Waals surface area contributed by atoms with Crippen molar-refractivity contribution >= 4 is 16.8 Å². The second kappa shape index (κ2) is 6.40. The van der Waals surface area contributed by atoms with Gasteiger partial charge in [-0.3, -0.25) is 4.79 Å². The van der Waals surface area contributed by atoms with E-state index in [1.54, 1.807) is 0 Å². The van der Waals surface area contributed by atoms with Gasteiger partial charge in [0.1, 0.15) is 0 Å². The quantitative estimate of drug-likeness (QED) is 0.724. The molecule has 2 N–H and O–H groups in total. The first kappa shape index (κ1) is 15.9. The Morgan fingerprint density at radius 3 is 2.64 bits per heavy atom. The van der Waals surface area contributed by atoms with Crippen LogP contribution in [0.2, 0.25) is 0 Å². The number of amides is 1. The minimum atomic E-state index is 0.0277. The number of carbonyl (C=O) groups is 1. The van der Waals surface area contributed by atoms with Crippen LogP contribution in [0.25, 0.3) is 10.9 Å². The summed E-state index contributed by atoms with van der Waals surface area (Å²) >= 11 is 0. The standard InChI is InChI=1S/C22H24N2O/c1-14(2)15-7-9-16(10-8-15)22(25)23-17-11-12-19-18-5-3-4-6-20(18)24-21(19)13-17/h3-10,14,17,24H,11-13H2,1-2H3,(H,23,25). The smallest absolute Gasteiger partial charge is 0.251 e. The lowest BCUT2D eigenvalue weighted by atomic mass is 9.91. The van der Waals surface area contributed by atoms with Crippen LogP contribution < -0.4 is 5.32 Å². The number of para-hydroxylation sites is 1. The number of rotatable bonds is 3. The lowest BCUT2D eigenvalue weighted by Gasteiger charge is -2.23. The molecule has 0 saturated heterocycles. The van der Waals surface area contributed by atoms with Crippen LogP contribution in [0.4, 0.5) is 0 Å². The Bertz CT molecular complexity index is 905. The van der Waals surface area contributed by atoms with Crippen LogP contribution in [0, 0.1) is 0 Å². The number of benzene rings is 2. The summed E-state index contributed by atoms with van der Waals surface area (Å²) in [6.45, 7) is 4.32. The van der Waals surface area contributed by atoms with Gasteiger partial charge in [0.15, 0.2) is 0 Å². The molecule has 0 saturated carbocycles. The van der Waals surface area contributed by atoms with Gasteiger partial charge in [-0.05, 0) is 48.1 Å². The molecule has 0 aliphatic heterocycles. The maximum atomic E-state index is 12.6. The highest BCUT2D eigenvalue weighted by Gasteiger charge is 2.23. The zero-order valence-electron chi connectivity index (χ0n) is 14.8. The molecule has 1 aromatic heterocycles. The van der Waals surface area contributed by atoms with E-state index >= 15 is 0 Å². The Morgan fingerprint density at radius 1 is 1.12 bits per heavy atom. The van der Waals surface area contributed by atoms with E-state index in [1.165, 1.54) is 27.7 Å². The van der Waals surface area contributed by atoms with Crippen molar-refractivity contribution in [1.29, 1.82) is 0 Å². The summed E-state index contributed by atoms with van der Waals surface area (Å²) in [4.78, 5) is 16.1. The topological polar surface area (TPSA) is 44.9 Å². The third-order valence-electron chi connectivity index (χ3n) is 5.27. The molecule has 0 fully saturated rings. The number of hydrogen-bond donors (Lipinski definition) is 2. The van der Waals surface area contributed by atoms with Crippen molar-refractivity contribution < 1.29 is 4.79 Å². The van der Waals surface area contributed by atoms with Crippen molar-refractivity contribution in [1.82, 2.24) is 10.3 Å². The SMILES string of the molecule is CC(C)c1ccc(C(=O)NC2CCc3c([nH]c4ccccc34)C2)cc1. The van der Waals surface area contributed by atoms with Gasteiger partial charge >= 0.3 is 0 Å². The molecule has 4 rings (SSSR count). The molecule has 3 aromatic rings. The van der Waals surface area contributed by atoms with E-state index in [-0.39, 0.29) is 11.9 Å². The highest BCUT2D eigenvalue weighted by atomic mass is 16.1. The molecule has 1 aliphatic rings. The first-order chi connectivity index (χ1) is 12.1. The van der Waals surface area contributed by atoms with E-state index in [2.05, 4.69) is 60.5 Å². The number of hydrogen-bond acceptors (Lipinski definition) is 1. The lowest BCUT2D eigenvalue weighted by Crippen LogP contribution is -2.38. The molecule has 1 amide bonds. The van der Waals surface area contributed by atoms with Crippen molar-refractivity contribution in [2.45, 2.75) is 45.1 Å². The van der Waals surface area contributed by atoms with Gasteiger partial charge in [-0.15, -0.1) is 0 Å². The summed E-state index contributed by atoms with van der Waals surface area (Å²) in [5.74, 6) is 0.510. The van der Waals surface area contributed by atoms with Crippen LogP contribution in [-0.2, 0) is 12.8 Å². The zero-order valence-corrected chi connectivity index (χ0v) is 14.8. The van der Waals surface area contributed by atoms with Gasteiger partial charge in [0.2, 0.25) is 0 Å². The summed E-state index contributed by atoms with van der Waals surface area (Å²) in [6.07, 6.45) is 2.88. The molecule has 0 radical (unpaired) electrons. The van der Waals surface area contributed by atoms with Gasteiger partial charge in [0.25, 0.3) is 5.91 Å². The highest BCUT2D eigenvalue weighted by Crippen LogP contribution is 2.29. The largest absolute Gasteiger partial charge is 0.358 e. The Hall–Kier alpha value is -2.55. The fourth-order valence-electron chi connectivity index (χ4n) is 3.79. The first-order valence-electron chi connectivity index (χ1n) is 9.11. The molecule has 0 spiro atoms. The molecule has 0 bridgehead atoms. The fourth-order valence-corrected chi connectivity index (χ4v) is 3.79. The molecule has 25 heavy (non-hydrogen) atoms. The third-order valence-corrected chi connectivity index (χ3v) is 5.27. The predicted molar refractivity (Wildman–Crippen MR) is 102 cm³/mol. The van der Waals surface area contributed by atoms with E-state index in [1.807, 2.05) is 12.1 Å². The van der Waals surface area contributed by atoms with Gasteiger partial charge in [-0.1, -0.05) is 44.2 Å². The van der Waals surface area contributed by atoms with E-state index in [9.17, 15) is 4.79 Å². The van der Waals surface area contributed by atoms with Gasteiger partial charge in [-0.2, -0.15) is 0 Å². The molecule has 1 heterocycles. The Labute approximate surface area is 148 Å². The Morgan fingerprint density at radius 2 is 1.88 bits per heavy atom. The van der Waals surface area contributed by atoms with Crippen LogP contribution in [0.1, 0.15) is 53.4 Å². The number of fused-ring (bicyclic) bond motifs is 3. The normalized spacial score (nSPS) is 16.8. The Balaban J connectivity index is 1.47. The summed E-state index contributed by atoms with van der Waals surface area (Å²) in [5, 5.41) is 4.54. The van der Waals surface area contributed by atoms with E-state index < -0.39 is 0 Å². The zero-order chi connectivity index (χ0) is 17.4. The van der Waals surface area contributed by atoms with Crippen molar-refractivity contribution in [2.75, 3.05) is 0 Å². The number of aromatic nitrogens is 1. The van der Waals surface area contributed by atoms with Gasteiger partial charge in [0, 0.05) is 34.6 Å². The van der Waals surface area contributed by atoms with E-state index in [0.717, 1.165) is 24.8 Å². The van der Waals surface area contributed by atoms with E-state index in [0.29, 0.717) is 5.92 Å². The van der Waals surface area contributed by atoms with Crippen LogP contribution in [0.15, 0.2) is 48.5 Å². The molecule has 3 nitrogen and oxygen atoms in total. The summed E-state index contributed by atoms with van der Waals surface area (Å²) in [7, 11) is 0. The molecule has 1 unspecified atom stereocenters. The summed E-state index contributed by atoms with van der Waals surface area (Å²) in [6, 6.07) is 16.6. The van der Waals surface area contributed by atoms with Crippen molar-refractivity contribution in [2.24, 2.45) is 0 Å². The monoisotopic (exact) mass is 332 g/mol. The third kappa shape index (κ3) is 3.07. The molecular weight excluding hydrogens is 308 g/mol. The number of aromatic amines is 1. The molecule has 1 atom stereocenters. The van der Waals surface area contributed by atoms with Crippen molar-refractivity contribution in [3.05, 3.63) is 70.9 Å². The number of nitrogens with one attached hydrogen (secondary N) is 2. The number of aryl methyl sites for hydroxylation is 1. The summed E-state index contributed by atoms with van der Waals surface area (Å²) < 4.78 is 0. The minimum absolute atomic E-state index is 0.0277. The number of H-pyrrole nitrogens is 1. The summed E-state index contributed by atoms with van der Waals surface area (Å²) in [5.41, 5.74) is 5.89. The van der Waals surface area contributed by atoms with Gasteiger partial charge in [-0.25, -0.2) is 0 Å². The average molecular weight is 332 g/mol. The molecule has 1 aliphatic carbocycles. The second-order valence-electron chi connectivity index (χ2n) is 7.32. The lowest BCUT2D eigenvalue weighted by molar-refractivity contribution is 0.0933. The Kier molecular flexibility index (Phi) is 4.08. The fraction of sp³-hybridized carbons (Fsp3) is 0.318.